The molecule has 4 N–H and O–H groups in total. The van der Waals surface area contributed by atoms with Crippen molar-refractivity contribution in [3.63, 3.8) is 0 Å². The van der Waals surface area contributed by atoms with Gasteiger partial charge in [-0.1, -0.05) is 29.3 Å². The molecule has 1 unspecified atom stereocenters. The van der Waals surface area contributed by atoms with Gasteiger partial charge < -0.3 is 25.3 Å². The highest BCUT2D eigenvalue weighted by Gasteiger charge is 2.45. The average molecular weight is 805 g/mol. The normalized spacial score (nSPS) is 21.2. The fourth-order valence-electron chi connectivity index (χ4n) is 8.33. The topological polar surface area (TPSA) is 197 Å². The van der Waals surface area contributed by atoms with E-state index in [1.807, 2.05) is 9.80 Å². The Bertz CT molecular complexity index is 2120. The van der Waals surface area contributed by atoms with E-state index in [0.717, 1.165) is 49.4 Å². The molecule has 3 aromatic rings. The van der Waals surface area contributed by atoms with Crippen molar-refractivity contribution in [2.45, 2.75) is 56.7 Å². The van der Waals surface area contributed by atoms with Crippen LogP contribution in [0.5, 0.6) is 0 Å². The lowest BCUT2D eigenvalue weighted by Crippen LogP contribution is -2.57. The lowest BCUT2D eigenvalue weighted by molar-refractivity contribution is -0.138. The van der Waals surface area contributed by atoms with E-state index in [4.69, 9.17) is 23.2 Å². The third-order valence-corrected chi connectivity index (χ3v) is 12.1. The second kappa shape index (κ2) is 15.3. The molecule has 6 heterocycles. The molecule has 4 fully saturated rings. The van der Waals surface area contributed by atoms with Crippen LogP contribution in [-0.2, 0) is 14.4 Å². The highest BCUT2D eigenvalue weighted by molar-refractivity contribution is 6.40. The van der Waals surface area contributed by atoms with Crippen molar-refractivity contribution in [3.05, 3.63) is 75.0 Å². The zero-order valence-electron chi connectivity index (χ0n) is 30.2. The Morgan fingerprint density at radius 2 is 1.52 bits per heavy atom. The van der Waals surface area contributed by atoms with Crippen molar-refractivity contribution in [2.75, 3.05) is 49.5 Å². The van der Waals surface area contributed by atoms with Crippen molar-refractivity contribution in [1.29, 1.82) is 0 Å². The van der Waals surface area contributed by atoms with Crippen molar-refractivity contribution in [1.82, 2.24) is 35.5 Å². The molecule has 7 amide bonds. The third kappa shape index (κ3) is 7.12. The third-order valence-electron chi connectivity index (χ3n) is 11.5. The lowest BCUT2D eigenvalue weighted by Gasteiger charge is -2.45. The van der Waals surface area contributed by atoms with Gasteiger partial charge in [-0.15, -0.1) is 0 Å². The SMILES string of the molecule is O=C1CCC(N2C(=O)c3ccc(N4CC(C(=O)N5CCC(N6CCC(NC(=O)c7[nH]ncc7NC(=O)c7c(Cl)cccc7Cl)CC6)CC5)C4)cc3C2=O)C(=O)N1. The molecule has 5 aliphatic heterocycles. The Balaban J connectivity index is 0.775. The number of likely N-dealkylation sites (tertiary alicyclic amines) is 2. The van der Waals surface area contributed by atoms with E-state index in [1.54, 1.807) is 36.4 Å². The molecule has 4 saturated heterocycles. The standard InChI is InChI=1S/C38H39Cl2N9O7/c39-26-2-1-3-27(40)31(26)34(52)43-28-17-41-45-32(28)35(53)42-21-8-12-46(13-9-21)22-10-14-47(15-11-22)36(54)20-18-48(19-20)23-4-5-24-25(16-23)38(56)49(37(24)55)29-6-7-30(50)44-33(29)51/h1-5,16-17,20-22,29H,6-15,18-19H2,(H,41,45)(H,42,53)(H,43,52)(H,44,50,51). The number of carbonyl (C=O) groups is 7. The van der Waals surface area contributed by atoms with Crippen molar-refractivity contribution in [3.8, 4) is 0 Å². The highest BCUT2D eigenvalue weighted by Crippen LogP contribution is 2.34. The summed E-state index contributed by atoms with van der Waals surface area (Å²) >= 11 is 12.3. The maximum Gasteiger partial charge on any atom is 0.271 e. The van der Waals surface area contributed by atoms with Crippen LogP contribution in [0.3, 0.4) is 0 Å². The predicted molar refractivity (Wildman–Crippen MR) is 203 cm³/mol. The lowest BCUT2D eigenvalue weighted by atomic mass is 9.93. The molecule has 1 aromatic heterocycles. The number of hydrogen-bond donors (Lipinski definition) is 4. The zero-order valence-corrected chi connectivity index (χ0v) is 31.7. The van der Waals surface area contributed by atoms with Gasteiger partial charge in [0.15, 0.2) is 0 Å². The van der Waals surface area contributed by atoms with Gasteiger partial charge in [0.2, 0.25) is 17.7 Å². The van der Waals surface area contributed by atoms with Crippen LogP contribution in [0.4, 0.5) is 11.4 Å². The molecule has 0 radical (unpaired) electrons. The van der Waals surface area contributed by atoms with E-state index in [-0.39, 0.29) is 74.7 Å². The van der Waals surface area contributed by atoms with E-state index >= 15 is 0 Å². The van der Waals surface area contributed by atoms with Crippen LogP contribution in [0.1, 0.15) is 80.1 Å². The molecule has 18 heteroatoms. The number of amides is 7. The molecule has 2 aromatic carbocycles. The summed E-state index contributed by atoms with van der Waals surface area (Å²) in [6, 6.07) is 9.01. The molecule has 5 aliphatic rings. The van der Waals surface area contributed by atoms with E-state index in [1.165, 1.54) is 6.20 Å². The fraction of sp³-hybridized carbons (Fsp3) is 0.421. The summed E-state index contributed by atoms with van der Waals surface area (Å²) in [4.78, 5) is 97.1. The number of carbonyl (C=O) groups excluding carboxylic acids is 7. The molecule has 292 valence electrons. The van der Waals surface area contributed by atoms with Crippen LogP contribution in [0, 0.1) is 5.92 Å². The molecule has 0 spiro atoms. The Kier molecular flexibility index (Phi) is 10.3. The number of nitrogens with zero attached hydrogens (tertiary/aromatic N) is 5. The molecular formula is C38H39Cl2N9O7. The van der Waals surface area contributed by atoms with Gasteiger partial charge in [-0.05, 0) is 62.4 Å². The number of piperidine rings is 3. The van der Waals surface area contributed by atoms with Gasteiger partial charge in [0.25, 0.3) is 23.6 Å². The van der Waals surface area contributed by atoms with Crippen LogP contribution >= 0.6 is 23.2 Å². The van der Waals surface area contributed by atoms with Gasteiger partial charge in [-0.2, -0.15) is 5.10 Å². The van der Waals surface area contributed by atoms with Gasteiger partial charge in [-0.25, -0.2) is 0 Å². The van der Waals surface area contributed by atoms with Crippen LogP contribution < -0.4 is 20.9 Å². The largest absolute Gasteiger partial charge is 0.370 e. The van der Waals surface area contributed by atoms with E-state index in [9.17, 15) is 33.6 Å². The number of benzene rings is 2. The Labute approximate surface area is 331 Å². The minimum absolute atomic E-state index is 0.0552. The van der Waals surface area contributed by atoms with Gasteiger partial charge in [-0.3, -0.25) is 48.9 Å². The number of aromatic amines is 1. The number of nitrogens with one attached hydrogen (secondary N) is 4. The van der Waals surface area contributed by atoms with Crippen LogP contribution in [0.15, 0.2) is 42.6 Å². The number of halogens is 2. The summed E-state index contributed by atoms with van der Waals surface area (Å²) in [5.74, 6) is -3.17. The first kappa shape index (κ1) is 37.6. The number of rotatable bonds is 8. The summed E-state index contributed by atoms with van der Waals surface area (Å²) in [5.41, 5.74) is 1.63. The number of anilines is 2. The molecular weight excluding hydrogens is 765 g/mol. The number of H-pyrrole nitrogens is 1. The fourth-order valence-corrected chi connectivity index (χ4v) is 8.90. The Morgan fingerprint density at radius 1 is 0.821 bits per heavy atom. The van der Waals surface area contributed by atoms with E-state index < -0.39 is 35.6 Å². The van der Waals surface area contributed by atoms with E-state index in [2.05, 4.69) is 31.0 Å². The quantitative estimate of drug-likeness (QED) is 0.246. The van der Waals surface area contributed by atoms with Gasteiger partial charge >= 0.3 is 0 Å². The van der Waals surface area contributed by atoms with Crippen molar-refractivity contribution >= 4 is 75.9 Å². The summed E-state index contributed by atoms with van der Waals surface area (Å²) in [5, 5.41) is 14.9. The average Bonchev–Trinajstić information content (AvgIpc) is 3.72. The van der Waals surface area contributed by atoms with Crippen LogP contribution in [0.25, 0.3) is 0 Å². The summed E-state index contributed by atoms with van der Waals surface area (Å²) in [6.07, 6.45) is 4.74. The van der Waals surface area contributed by atoms with Crippen LogP contribution in [0.2, 0.25) is 10.0 Å². The van der Waals surface area contributed by atoms with Gasteiger partial charge in [0, 0.05) is 63.5 Å². The Hall–Kier alpha value is -5.32. The zero-order chi connectivity index (χ0) is 39.2. The van der Waals surface area contributed by atoms with Crippen molar-refractivity contribution < 1.29 is 33.6 Å². The maximum absolute atomic E-state index is 13.5. The summed E-state index contributed by atoms with van der Waals surface area (Å²) in [7, 11) is 0. The first-order valence-corrected chi connectivity index (χ1v) is 19.5. The molecule has 8 rings (SSSR count). The minimum atomic E-state index is -1.02. The van der Waals surface area contributed by atoms with Gasteiger partial charge in [0.05, 0.1) is 44.5 Å². The minimum Gasteiger partial charge on any atom is -0.370 e. The summed E-state index contributed by atoms with van der Waals surface area (Å²) < 4.78 is 0. The molecule has 0 saturated carbocycles. The van der Waals surface area contributed by atoms with Gasteiger partial charge in [0.1, 0.15) is 11.7 Å². The number of hydrogen-bond acceptors (Lipinski definition) is 10. The highest BCUT2D eigenvalue weighted by atomic mass is 35.5. The molecule has 0 aliphatic carbocycles. The van der Waals surface area contributed by atoms with Crippen molar-refractivity contribution in [2.24, 2.45) is 5.92 Å². The molecule has 16 nitrogen and oxygen atoms in total. The monoisotopic (exact) mass is 803 g/mol. The maximum atomic E-state index is 13.5. The Morgan fingerprint density at radius 3 is 2.21 bits per heavy atom. The molecule has 56 heavy (non-hydrogen) atoms. The summed E-state index contributed by atoms with van der Waals surface area (Å²) in [6.45, 7) is 3.93. The predicted octanol–water partition coefficient (Wildman–Crippen LogP) is 2.69. The van der Waals surface area contributed by atoms with Crippen LogP contribution in [-0.4, -0.2) is 124 Å². The first-order valence-electron chi connectivity index (χ1n) is 18.7. The van der Waals surface area contributed by atoms with E-state index in [0.29, 0.717) is 32.2 Å². The number of fused-ring (bicyclic) bond motifs is 1. The second-order valence-electron chi connectivity index (χ2n) is 14.8. The first-order chi connectivity index (χ1) is 27.0. The molecule has 0 bridgehead atoms. The number of aromatic nitrogens is 2. The smallest absolute Gasteiger partial charge is 0.271 e. The second-order valence-corrected chi connectivity index (χ2v) is 15.6. The number of imide groups is 2. The molecule has 1 atom stereocenters.